The highest BCUT2D eigenvalue weighted by Gasteiger charge is 2.64. The molecule has 9 N–H and O–H groups in total. The van der Waals surface area contributed by atoms with E-state index in [0.717, 1.165) is 96.3 Å². The number of carboxylic acid groups (broad SMARTS) is 1. The molecule has 1 unspecified atom stereocenters. The van der Waals surface area contributed by atoms with Gasteiger partial charge in [-0.1, -0.05) is 96.1 Å². The Morgan fingerprint density at radius 1 is 0.896 bits per heavy atom. The molecule has 6 aliphatic heterocycles. The fourth-order valence-electron chi connectivity index (χ4n) is 11.2. The number of aliphatic carboxylic acids is 1. The van der Waals surface area contributed by atoms with E-state index in [1.54, 1.807) is 0 Å². The van der Waals surface area contributed by atoms with E-state index in [1.807, 2.05) is 0 Å². The molecule has 0 aromatic carbocycles. The van der Waals surface area contributed by atoms with Gasteiger partial charge < -0.3 is 50.6 Å². The van der Waals surface area contributed by atoms with Gasteiger partial charge in [-0.15, -0.1) is 0 Å². The molecule has 6 rings (SSSR count). The van der Waals surface area contributed by atoms with Gasteiger partial charge >= 0.3 is 18.1 Å². The lowest BCUT2D eigenvalue weighted by molar-refractivity contribution is -0.325. The minimum Gasteiger partial charge on any atom is -0.475 e. The Kier molecular flexibility index (Phi) is 21.6. The second-order valence-corrected chi connectivity index (χ2v) is 19.7. The van der Waals surface area contributed by atoms with E-state index in [9.17, 15) is 33.0 Å². The van der Waals surface area contributed by atoms with Crippen LogP contribution in [0.5, 0.6) is 0 Å². The monoisotopic (exact) mass is 961 g/mol. The van der Waals surface area contributed by atoms with Crippen LogP contribution in [0.3, 0.4) is 0 Å². The third-order valence-electron chi connectivity index (χ3n) is 14.6. The molecular formula is C48H83F3N6O10. The highest BCUT2D eigenvalue weighted by atomic mass is 19.4. The van der Waals surface area contributed by atoms with Gasteiger partial charge in [0.2, 0.25) is 5.79 Å². The third-order valence-corrected chi connectivity index (χ3v) is 14.6. The SMILES string of the molecule is CC[C@@H]1C=CCC[C@]2(C[C@H]3CC[C@H]4[C@@H](C(=O)OCCCCCCCCCCCCCCC[C@@H]5O[C@](O)(CCN)[C@H](O)N(CCCN)C5=O)[C@@]5(CCC[C@H](C)O5)NC(N2)N34)O1.O=C(O)C(F)(F)F. The zero-order valence-electron chi connectivity index (χ0n) is 40.2. The molecular weight excluding hydrogens is 878 g/mol. The fraction of sp³-hybridized carbons (Fsp3) is 0.896. The molecule has 16 nitrogen and oxygen atoms in total. The lowest BCUT2D eigenvalue weighted by atomic mass is 9.79. The quantitative estimate of drug-likeness (QED) is 0.0353. The first-order valence-corrected chi connectivity index (χ1v) is 25.6. The number of amides is 1. The number of hydrogen-bond acceptors (Lipinski definition) is 14. The number of nitrogens with zero attached hydrogens (tertiary/aromatic N) is 2. The van der Waals surface area contributed by atoms with Crippen molar-refractivity contribution in [2.75, 3.05) is 26.2 Å². The molecule has 6 heterocycles. The largest absolute Gasteiger partial charge is 0.490 e. The average Bonchev–Trinajstić information content (AvgIpc) is 3.58. The lowest BCUT2D eigenvalue weighted by Gasteiger charge is -2.60. The van der Waals surface area contributed by atoms with Crippen molar-refractivity contribution in [1.29, 1.82) is 0 Å². The Balaban J connectivity index is 0.00000111. The van der Waals surface area contributed by atoms with E-state index < -0.39 is 36.0 Å². The highest BCUT2D eigenvalue weighted by Crippen LogP contribution is 2.49. The molecule has 5 fully saturated rings. The van der Waals surface area contributed by atoms with E-state index in [-0.39, 0.29) is 67.6 Å². The number of allylic oxidation sites excluding steroid dienone is 1. The minimum atomic E-state index is -5.08. The molecule has 0 saturated carbocycles. The van der Waals surface area contributed by atoms with Crippen LogP contribution in [0.4, 0.5) is 13.2 Å². The van der Waals surface area contributed by atoms with Gasteiger partial charge in [-0.3, -0.25) is 25.1 Å². The maximum atomic E-state index is 14.1. The van der Waals surface area contributed by atoms with Crippen LogP contribution in [0.1, 0.15) is 174 Å². The molecule has 0 aromatic heterocycles. The molecule has 0 radical (unpaired) electrons. The summed E-state index contributed by atoms with van der Waals surface area (Å²) in [4.78, 5) is 39.8. The van der Waals surface area contributed by atoms with Crippen LogP contribution >= 0.6 is 0 Å². The summed E-state index contributed by atoms with van der Waals surface area (Å²) in [6, 6.07) is 0.443. The number of alkyl halides is 3. The van der Waals surface area contributed by atoms with E-state index in [0.29, 0.717) is 32.0 Å². The summed E-state index contributed by atoms with van der Waals surface area (Å²) < 4.78 is 57.2. The summed E-state index contributed by atoms with van der Waals surface area (Å²) in [6.07, 6.45) is 21.8. The average molecular weight is 961 g/mol. The first kappa shape index (κ1) is 55.5. The predicted octanol–water partition coefficient (Wildman–Crippen LogP) is 6.01. The number of halogens is 3. The maximum absolute atomic E-state index is 14.1. The molecule has 2 spiro atoms. The summed E-state index contributed by atoms with van der Waals surface area (Å²) in [5.74, 6) is -5.34. The molecule has 1 amide bonds. The van der Waals surface area contributed by atoms with Crippen LogP contribution in [-0.2, 0) is 33.3 Å². The van der Waals surface area contributed by atoms with Crippen LogP contribution in [0.2, 0.25) is 0 Å². The predicted molar refractivity (Wildman–Crippen MR) is 244 cm³/mol. The number of nitrogens with one attached hydrogen (secondary N) is 2. The van der Waals surface area contributed by atoms with Gasteiger partial charge in [0.1, 0.15) is 29.8 Å². The first-order chi connectivity index (χ1) is 32.0. The number of morpholine rings is 1. The van der Waals surface area contributed by atoms with Gasteiger partial charge in [-0.2, -0.15) is 13.2 Å². The smallest absolute Gasteiger partial charge is 0.475 e. The number of unbranched alkanes of at least 4 members (excludes halogenated alkanes) is 12. The summed E-state index contributed by atoms with van der Waals surface area (Å²) in [6.45, 7) is 5.61. The van der Waals surface area contributed by atoms with Crippen molar-refractivity contribution < 1.29 is 61.8 Å². The second-order valence-electron chi connectivity index (χ2n) is 19.7. The normalized spacial score (nSPS) is 34.2. The van der Waals surface area contributed by atoms with Gasteiger partial charge in [-0.25, -0.2) is 4.79 Å². The van der Waals surface area contributed by atoms with Gasteiger partial charge in [0, 0.05) is 31.5 Å². The fourth-order valence-corrected chi connectivity index (χ4v) is 11.2. The Morgan fingerprint density at radius 3 is 2.13 bits per heavy atom. The Hall–Kier alpha value is -2.46. The van der Waals surface area contributed by atoms with E-state index >= 15 is 0 Å². The molecule has 0 aromatic rings. The number of hydrogen-bond donors (Lipinski definition) is 7. The van der Waals surface area contributed by atoms with Crippen molar-refractivity contribution in [3.8, 4) is 0 Å². The topological polar surface area (TPSA) is 231 Å². The minimum absolute atomic E-state index is 0.0537. The third kappa shape index (κ3) is 15.0. The van der Waals surface area contributed by atoms with Gasteiger partial charge in [0.05, 0.1) is 18.8 Å². The summed E-state index contributed by atoms with van der Waals surface area (Å²) in [5.41, 5.74) is 10.2. The highest BCUT2D eigenvalue weighted by molar-refractivity contribution is 5.82. The van der Waals surface area contributed by atoms with Gasteiger partial charge in [-0.05, 0) is 90.6 Å². The lowest BCUT2D eigenvalue weighted by Crippen LogP contribution is -2.81. The first-order valence-electron chi connectivity index (χ1n) is 25.6. The summed E-state index contributed by atoms with van der Waals surface area (Å²) in [7, 11) is 0. The maximum Gasteiger partial charge on any atom is 0.490 e. The number of carboxylic acids is 1. The van der Waals surface area contributed by atoms with E-state index in [4.69, 9.17) is 40.3 Å². The molecule has 0 bridgehead atoms. The second kappa shape index (κ2) is 26.1. The standard InChI is InChI=1S/C46H82N6O8.C2HF3O2/c1-3-36-22-16-17-26-44(59-36)33-35-24-25-37-39(45(27-19-21-34(2)58-45)50-43(49-44)52(35)37)41(54)57-32-18-14-12-10-8-6-4-5-7-9-11-13-15-23-38-40(53)51(31-20-29-47)42(55)46(56,60-38)28-30-48;3-2(4,5)1(6)7/h16,22,34-39,42-43,49-50,55-56H,3-15,17-21,23-33,47-48H2,1-2H3;(H,6,7)/t34-,35+,36+,37-,38-,39-,42-,43?,44+,45-,46+;/m0./s1. The van der Waals surface area contributed by atoms with E-state index in [2.05, 4.69) is 41.5 Å². The number of aliphatic hydroxyl groups excluding tert-OH is 1. The summed E-state index contributed by atoms with van der Waals surface area (Å²) in [5, 5.41) is 36.5. The molecule has 11 atom stereocenters. The Bertz CT molecular complexity index is 1580. The van der Waals surface area contributed by atoms with E-state index in [1.165, 1.54) is 49.8 Å². The Labute approximate surface area is 395 Å². The molecule has 67 heavy (non-hydrogen) atoms. The zero-order chi connectivity index (χ0) is 48.7. The number of ether oxygens (including phenoxy) is 4. The number of carbonyl (C=O) groups excluding carboxylic acids is 2. The van der Waals surface area contributed by atoms with Crippen LogP contribution in [-0.4, -0.2) is 136 Å². The van der Waals surface area contributed by atoms with Crippen LogP contribution < -0.4 is 22.1 Å². The number of aliphatic hydroxyl groups is 2. The van der Waals surface area contributed by atoms with Crippen molar-refractivity contribution in [3.05, 3.63) is 12.2 Å². The Morgan fingerprint density at radius 2 is 1.54 bits per heavy atom. The molecule has 19 heteroatoms. The number of carbonyl (C=O) groups is 3. The molecule has 5 saturated heterocycles. The van der Waals surface area contributed by atoms with Gasteiger partial charge in [0.25, 0.3) is 5.91 Å². The van der Waals surface area contributed by atoms with Crippen molar-refractivity contribution in [2.45, 2.75) is 241 Å². The van der Waals surface area contributed by atoms with Gasteiger partial charge in [0.15, 0.2) is 6.23 Å². The van der Waals surface area contributed by atoms with Crippen molar-refractivity contribution in [2.24, 2.45) is 17.4 Å². The molecule has 0 aliphatic carbocycles. The number of esters is 1. The van der Waals surface area contributed by atoms with Crippen LogP contribution in [0.25, 0.3) is 0 Å². The molecule has 386 valence electrons. The van der Waals surface area contributed by atoms with Crippen molar-refractivity contribution in [1.82, 2.24) is 20.4 Å². The number of nitrogens with two attached hydrogens (primary N) is 2. The molecule has 6 aliphatic rings. The van der Waals surface area contributed by atoms with Crippen LogP contribution in [0.15, 0.2) is 12.2 Å². The zero-order valence-corrected chi connectivity index (χ0v) is 40.2. The van der Waals surface area contributed by atoms with Crippen LogP contribution in [0, 0.1) is 5.92 Å². The van der Waals surface area contributed by atoms with Crippen molar-refractivity contribution in [3.63, 3.8) is 0 Å². The van der Waals surface area contributed by atoms with Crippen molar-refractivity contribution >= 4 is 17.8 Å². The number of rotatable bonds is 23. The summed E-state index contributed by atoms with van der Waals surface area (Å²) >= 11 is 0.